The van der Waals surface area contributed by atoms with Crippen LogP contribution >= 0.6 is 11.8 Å². The molecule has 7 amide bonds. The molecule has 0 fully saturated rings. The zero-order chi connectivity index (χ0) is 48.7. The molecule has 1 aliphatic heterocycles. The highest BCUT2D eigenvalue weighted by Crippen LogP contribution is 2.24. The summed E-state index contributed by atoms with van der Waals surface area (Å²) in [4.78, 5) is 120. The predicted molar refractivity (Wildman–Crippen MR) is 241 cm³/mol. The van der Waals surface area contributed by atoms with E-state index in [0.29, 0.717) is 17.2 Å². The monoisotopic (exact) mass is 928 g/mol. The van der Waals surface area contributed by atoms with Crippen molar-refractivity contribution in [3.05, 3.63) is 0 Å². The van der Waals surface area contributed by atoms with Crippen molar-refractivity contribution < 1.29 is 53.4 Å². The lowest BCUT2D eigenvalue weighted by molar-refractivity contribution is -0.142. The lowest BCUT2D eigenvalue weighted by atomic mass is 9.96. The maximum Gasteiger partial charge on any atom is 0.326 e. The van der Waals surface area contributed by atoms with Gasteiger partial charge < -0.3 is 65.0 Å². The van der Waals surface area contributed by atoms with Gasteiger partial charge in [-0.3, -0.25) is 43.3 Å². The fourth-order valence-corrected chi connectivity index (χ4v) is 7.63. The van der Waals surface area contributed by atoms with Crippen LogP contribution in [0, 0.1) is 17.8 Å². The van der Waals surface area contributed by atoms with Crippen molar-refractivity contribution in [1.29, 1.82) is 0 Å². The Labute approximate surface area is 379 Å². The van der Waals surface area contributed by atoms with Crippen molar-refractivity contribution in [1.82, 2.24) is 31.9 Å². The summed E-state index contributed by atoms with van der Waals surface area (Å²) in [5.74, 6) is -7.98. The molecule has 0 aromatic rings. The number of aliphatic carboxylic acids is 2. The second-order valence-corrected chi connectivity index (χ2v) is 17.8. The van der Waals surface area contributed by atoms with Crippen molar-refractivity contribution >= 4 is 70.1 Å². The number of primary amides is 1. The van der Waals surface area contributed by atoms with E-state index in [0.717, 1.165) is 6.42 Å². The van der Waals surface area contributed by atoms with E-state index < -0.39 is 108 Å². The number of aliphatic imine (C=N–C) groups is 1. The van der Waals surface area contributed by atoms with E-state index in [1.807, 2.05) is 27.7 Å². The van der Waals surface area contributed by atoms with Crippen molar-refractivity contribution in [2.24, 2.45) is 45.7 Å². The largest absolute Gasteiger partial charge is 0.481 e. The molecule has 1 heterocycles. The van der Waals surface area contributed by atoms with Crippen molar-refractivity contribution in [3.63, 3.8) is 0 Å². The Bertz CT molecular complexity index is 1640. The molecule has 23 heteroatoms. The zero-order valence-electron chi connectivity index (χ0n) is 38.0. The molecule has 0 radical (unpaired) electrons. The number of nitrogens with two attached hydrogens (primary N) is 4. The molecule has 22 nitrogen and oxygen atoms in total. The number of nitrogens with zero attached hydrogens (tertiary/aromatic N) is 1. The lowest BCUT2D eigenvalue weighted by Gasteiger charge is -2.29. The molecule has 0 aromatic carbocycles. The first-order valence-corrected chi connectivity index (χ1v) is 23.0. The minimum absolute atomic E-state index is 0.00808. The van der Waals surface area contributed by atoms with Crippen molar-refractivity contribution in [3.8, 4) is 0 Å². The second kappa shape index (κ2) is 29.5. The number of nitrogens with one attached hydrogen (secondary N) is 6. The Hall–Kier alpha value is -4.87. The van der Waals surface area contributed by atoms with Gasteiger partial charge in [-0.25, -0.2) is 4.79 Å². The van der Waals surface area contributed by atoms with Crippen LogP contribution in [0.1, 0.15) is 112 Å². The van der Waals surface area contributed by atoms with E-state index >= 15 is 0 Å². The Kier molecular flexibility index (Phi) is 26.4. The summed E-state index contributed by atoms with van der Waals surface area (Å²) in [7, 11) is 0. The van der Waals surface area contributed by atoms with Gasteiger partial charge in [-0.05, 0) is 69.2 Å². The topological polar surface area (TPSA) is 383 Å². The number of unbranched alkanes of at least 4 members (excludes halogenated alkanes) is 1. The molecule has 0 bridgehead atoms. The van der Waals surface area contributed by atoms with Crippen LogP contribution in [0.2, 0.25) is 0 Å². The van der Waals surface area contributed by atoms with E-state index in [-0.39, 0.29) is 82.3 Å². The number of rotatable bonds is 32. The number of carboxylic acid groups (broad SMARTS) is 2. The fourth-order valence-electron chi connectivity index (χ4n) is 6.45. The van der Waals surface area contributed by atoms with E-state index in [9.17, 15) is 53.4 Å². The molecule has 16 N–H and O–H groups in total. The number of thioether (sulfide) groups is 1. The minimum Gasteiger partial charge on any atom is -0.481 e. The van der Waals surface area contributed by atoms with Gasteiger partial charge in [0.15, 0.2) is 0 Å². The summed E-state index contributed by atoms with van der Waals surface area (Å²) in [5.41, 5.74) is 22.7. The maximum absolute atomic E-state index is 14.0. The number of amides is 7. The molecule has 0 saturated heterocycles. The Morgan fingerprint density at radius 3 is 1.84 bits per heavy atom. The summed E-state index contributed by atoms with van der Waals surface area (Å²) in [5, 5.41) is 35.5. The molecule has 1 rings (SSSR count). The Morgan fingerprint density at radius 1 is 0.719 bits per heavy atom. The van der Waals surface area contributed by atoms with Gasteiger partial charge in [-0.15, -0.1) is 11.8 Å². The Morgan fingerprint density at radius 2 is 1.28 bits per heavy atom. The third-order valence-electron chi connectivity index (χ3n) is 10.9. The van der Waals surface area contributed by atoms with Gasteiger partial charge in [0.25, 0.3) is 0 Å². The van der Waals surface area contributed by atoms with Gasteiger partial charge in [0, 0.05) is 18.7 Å². The lowest BCUT2D eigenvalue weighted by Crippen LogP contribution is -2.60. The maximum atomic E-state index is 14.0. The third kappa shape index (κ3) is 20.8. The highest BCUT2D eigenvalue weighted by Gasteiger charge is 2.36. The van der Waals surface area contributed by atoms with E-state index in [2.05, 4.69) is 36.9 Å². The number of carbonyl (C=O) groups excluding carboxylic acids is 7. The number of carbonyl (C=O) groups is 9. The van der Waals surface area contributed by atoms with Crippen LogP contribution in [-0.4, -0.2) is 136 Å². The molecule has 0 spiro atoms. The van der Waals surface area contributed by atoms with E-state index in [1.165, 1.54) is 11.8 Å². The molecule has 0 unspecified atom stereocenters. The van der Waals surface area contributed by atoms with Crippen LogP contribution in [-0.2, 0) is 43.2 Å². The van der Waals surface area contributed by atoms with Gasteiger partial charge in [0.1, 0.15) is 36.3 Å². The molecular weight excluding hydrogens is 855 g/mol. The smallest absolute Gasteiger partial charge is 0.326 e. The van der Waals surface area contributed by atoms with Gasteiger partial charge in [-0.2, -0.15) is 0 Å². The molecule has 0 aliphatic carbocycles. The summed E-state index contributed by atoms with van der Waals surface area (Å²) < 4.78 is 0. The minimum atomic E-state index is -1.47. The molecule has 0 saturated carbocycles. The number of carboxylic acids is 2. The van der Waals surface area contributed by atoms with Crippen molar-refractivity contribution in [2.45, 2.75) is 161 Å². The molecule has 0 aromatic heterocycles. The van der Waals surface area contributed by atoms with Crippen LogP contribution in [0.15, 0.2) is 4.99 Å². The van der Waals surface area contributed by atoms with E-state index in [1.54, 1.807) is 13.8 Å². The first kappa shape index (κ1) is 57.1. The van der Waals surface area contributed by atoms with Crippen LogP contribution < -0.4 is 54.8 Å². The summed E-state index contributed by atoms with van der Waals surface area (Å²) in [6, 6.07) is -8.88. The van der Waals surface area contributed by atoms with Crippen LogP contribution in [0.4, 0.5) is 0 Å². The van der Waals surface area contributed by atoms with Crippen LogP contribution in [0.3, 0.4) is 0 Å². The molecule has 10 atom stereocenters. The highest BCUT2D eigenvalue weighted by molar-refractivity contribution is 8.14. The fraction of sp³-hybridized carbons (Fsp3) is 0.756. The predicted octanol–water partition coefficient (Wildman–Crippen LogP) is -1.43. The summed E-state index contributed by atoms with van der Waals surface area (Å²) in [6.45, 7) is 11.3. The van der Waals surface area contributed by atoms with Crippen molar-refractivity contribution in [2.75, 3.05) is 18.8 Å². The quantitative estimate of drug-likeness (QED) is 0.0344. The highest BCUT2D eigenvalue weighted by atomic mass is 32.2. The second-order valence-electron chi connectivity index (χ2n) is 16.7. The zero-order valence-corrected chi connectivity index (χ0v) is 38.8. The van der Waals surface area contributed by atoms with Gasteiger partial charge in [-0.1, -0.05) is 54.4 Å². The van der Waals surface area contributed by atoms with E-state index in [4.69, 9.17) is 22.9 Å². The SMILES string of the molecule is CC[C@H](C)[C@H](N)C1=N[C@H](C(=O)N[C@@H](CC(C)C)C(=O)N[C@H](CCC(=O)O)C(=O)N[C@H](C(=O)N[C@@H](CCCCNC(=O)[C@@H](N)CC(N)=O)C(=O)N[C@H](CCCN)C(=O)O)[C@@H](C)CC)CS1. The number of hydrogen-bond donors (Lipinski definition) is 12. The van der Waals surface area contributed by atoms with Gasteiger partial charge in [0.05, 0.1) is 23.5 Å². The third-order valence-corrected chi connectivity index (χ3v) is 12.0. The average Bonchev–Trinajstić information content (AvgIpc) is 3.73. The van der Waals surface area contributed by atoms with Crippen LogP contribution in [0.25, 0.3) is 0 Å². The normalized spacial score (nSPS) is 17.8. The summed E-state index contributed by atoms with van der Waals surface area (Å²) >= 11 is 1.38. The molecule has 64 heavy (non-hydrogen) atoms. The average molecular weight is 928 g/mol. The molecule has 1 aliphatic rings. The van der Waals surface area contributed by atoms with Crippen LogP contribution in [0.5, 0.6) is 0 Å². The first-order chi connectivity index (χ1) is 30.1. The van der Waals surface area contributed by atoms with Gasteiger partial charge in [0.2, 0.25) is 41.4 Å². The molecule has 364 valence electrons. The van der Waals surface area contributed by atoms with Gasteiger partial charge >= 0.3 is 11.9 Å². The molecular formula is C41H73N11O11S. The summed E-state index contributed by atoms with van der Waals surface area (Å²) in [6.07, 6.45) is 0.793. The standard InChI is InChI=1S/C41H73N11O11S/c1-7-22(5)32(45)40-51-29(20-64-40)38(60)50-28(18-21(3)4)37(59)47-26(14-15-31(54)55)36(58)52-33(23(6)8-2)39(61)48-25(35(57)49-27(41(62)63)13-11-16-42)12-9-10-17-46-34(56)24(43)19-30(44)53/h21-29,32-33H,7-20,42-43,45H2,1-6H3,(H2,44,53)(H,46,56)(H,47,59)(H,48,61)(H,49,57)(H,50,60)(H,52,58)(H,54,55)(H,62,63)/t22-,23-,24-,25-,26+,27+,28-,29-,32-,33-/m0/s1. The number of hydrogen-bond acceptors (Lipinski definition) is 14. The first-order valence-electron chi connectivity index (χ1n) is 22.0. The Balaban J connectivity index is 3.33.